The lowest BCUT2D eigenvalue weighted by atomic mass is 10.1. The molecule has 0 radical (unpaired) electrons. The summed E-state index contributed by atoms with van der Waals surface area (Å²) < 4.78 is 5.69. The third-order valence-corrected chi connectivity index (χ3v) is 3.28. The van der Waals surface area contributed by atoms with Crippen LogP contribution in [0.1, 0.15) is 0 Å². The van der Waals surface area contributed by atoms with Crippen LogP contribution in [-0.2, 0) is 0 Å². The summed E-state index contributed by atoms with van der Waals surface area (Å²) in [6.07, 6.45) is -0.818. The van der Waals surface area contributed by atoms with Gasteiger partial charge in [-0.2, -0.15) is 0 Å². The molecule has 21 heavy (non-hydrogen) atoms. The summed E-state index contributed by atoms with van der Waals surface area (Å²) in [5, 5.41) is 15.1. The number of azide groups is 1. The first kappa shape index (κ1) is 13.3. The Bertz CT molecular complexity index is 821. The number of nitrogens with zero attached hydrogens (tertiary/aromatic N) is 3. The third-order valence-electron chi connectivity index (χ3n) is 3.28. The largest absolute Gasteiger partial charge is 0.490 e. The summed E-state index contributed by atoms with van der Waals surface area (Å²) in [6, 6.07) is 13.7. The number of aliphatic hydroxyl groups is 1. The molecule has 0 saturated heterocycles. The molecule has 0 unspecified atom stereocenters. The van der Waals surface area contributed by atoms with Crippen LogP contribution < -0.4 is 4.74 Å². The van der Waals surface area contributed by atoms with Gasteiger partial charge in [0.15, 0.2) is 0 Å². The van der Waals surface area contributed by atoms with E-state index in [0.29, 0.717) is 5.75 Å². The van der Waals surface area contributed by atoms with Gasteiger partial charge in [0.2, 0.25) is 0 Å². The maximum absolute atomic E-state index is 9.68. The molecule has 0 saturated carbocycles. The Balaban J connectivity index is 1.93. The number of hydrogen-bond donors (Lipinski definition) is 2. The zero-order valence-electron chi connectivity index (χ0n) is 11.2. The number of nitrogens with one attached hydrogen (secondary N) is 1. The van der Waals surface area contributed by atoms with Gasteiger partial charge in [-0.15, -0.1) is 0 Å². The number of aromatic amines is 1. The minimum Gasteiger partial charge on any atom is -0.490 e. The molecular formula is C15H14N4O2. The molecule has 6 nitrogen and oxygen atoms in total. The van der Waals surface area contributed by atoms with E-state index in [1.807, 2.05) is 42.5 Å². The predicted molar refractivity (Wildman–Crippen MR) is 81.3 cm³/mol. The van der Waals surface area contributed by atoms with Crippen LogP contribution in [0.4, 0.5) is 0 Å². The smallest absolute Gasteiger partial charge is 0.129 e. The number of aliphatic hydroxyl groups excluding tert-OH is 1. The van der Waals surface area contributed by atoms with Gasteiger partial charge >= 0.3 is 0 Å². The molecular weight excluding hydrogens is 268 g/mol. The molecule has 3 aromatic rings. The number of aromatic nitrogens is 1. The third kappa shape index (κ3) is 2.63. The molecule has 0 aliphatic heterocycles. The molecule has 2 aromatic carbocycles. The molecule has 1 aromatic heterocycles. The average molecular weight is 282 g/mol. The fraction of sp³-hybridized carbons (Fsp3) is 0.200. The normalized spacial score (nSPS) is 12.2. The maximum atomic E-state index is 9.68. The van der Waals surface area contributed by atoms with Gasteiger partial charge in [-0.05, 0) is 23.7 Å². The van der Waals surface area contributed by atoms with E-state index < -0.39 is 6.10 Å². The van der Waals surface area contributed by atoms with E-state index in [4.69, 9.17) is 10.3 Å². The Hall–Kier alpha value is -2.69. The number of ether oxygens (including phenoxy) is 1. The number of H-pyrrole nitrogens is 1. The van der Waals surface area contributed by atoms with Crippen molar-refractivity contribution in [1.82, 2.24) is 4.98 Å². The molecule has 0 spiro atoms. The molecule has 0 fully saturated rings. The van der Waals surface area contributed by atoms with Crippen LogP contribution in [0, 0.1) is 0 Å². The Labute approximate surface area is 120 Å². The summed E-state index contributed by atoms with van der Waals surface area (Å²) in [5.41, 5.74) is 10.3. The van der Waals surface area contributed by atoms with Crippen LogP contribution in [0.25, 0.3) is 32.2 Å². The second kappa shape index (κ2) is 5.75. The van der Waals surface area contributed by atoms with Crippen LogP contribution in [0.3, 0.4) is 0 Å². The highest BCUT2D eigenvalue weighted by atomic mass is 16.5. The van der Waals surface area contributed by atoms with Gasteiger partial charge in [0, 0.05) is 21.2 Å². The summed E-state index contributed by atoms with van der Waals surface area (Å²) in [6.45, 7) is 0.0814. The van der Waals surface area contributed by atoms with Crippen molar-refractivity contribution in [2.75, 3.05) is 13.2 Å². The van der Waals surface area contributed by atoms with Crippen LogP contribution in [0.5, 0.6) is 5.75 Å². The lowest BCUT2D eigenvalue weighted by Gasteiger charge is -2.11. The van der Waals surface area contributed by atoms with Crippen molar-refractivity contribution in [3.05, 3.63) is 52.9 Å². The molecule has 3 rings (SSSR count). The zero-order chi connectivity index (χ0) is 14.7. The van der Waals surface area contributed by atoms with Crippen molar-refractivity contribution in [2.24, 2.45) is 5.11 Å². The van der Waals surface area contributed by atoms with E-state index >= 15 is 0 Å². The molecule has 106 valence electrons. The number of benzene rings is 2. The van der Waals surface area contributed by atoms with Gasteiger partial charge in [0.1, 0.15) is 12.4 Å². The zero-order valence-corrected chi connectivity index (χ0v) is 11.2. The standard InChI is InChI=1S/C15H14N4O2/c16-19-17-8-10(20)9-21-14-7-3-6-13-15(14)11-4-1-2-5-12(11)18-13/h1-7,10,18,20H,8-9H2/t10-/m1/s1. The Morgan fingerprint density at radius 3 is 2.86 bits per heavy atom. The van der Waals surface area contributed by atoms with Gasteiger partial charge < -0.3 is 14.8 Å². The molecule has 6 heteroatoms. The van der Waals surface area contributed by atoms with Crippen molar-refractivity contribution >= 4 is 21.8 Å². The molecule has 0 aliphatic carbocycles. The van der Waals surface area contributed by atoms with Crippen LogP contribution in [0.15, 0.2) is 47.6 Å². The van der Waals surface area contributed by atoms with Crippen molar-refractivity contribution in [3.8, 4) is 5.75 Å². The summed E-state index contributed by atoms with van der Waals surface area (Å²) >= 11 is 0. The van der Waals surface area contributed by atoms with Gasteiger partial charge in [0.25, 0.3) is 0 Å². The van der Waals surface area contributed by atoms with Crippen molar-refractivity contribution < 1.29 is 9.84 Å². The predicted octanol–water partition coefficient (Wildman–Crippen LogP) is 3.37. The number of hydrogen-bond acceptors (Lipinski definition) is 3. The lowest BCUT2D eigenvalue weighted by molar-refractivity contribution is 0.115. The van der Waals surface area contributed by atoms with Crippen molar-refractivity contribution in [1.29, 1.82) is 0 Å². The van der Waals surface area contributed by atoms with E-state index in [1.54, 1.807) is 0 Å². The highest BCUT2D eigenvalue weighted by Gasteiger charge is 2.10. The number of rotatable bonds is 5. The Morgan fingerprint density at radius 2 is 2.00 bits per heavy atom. The Kier molecular flexibility index (Phi) is 3.64. The van der Waals surface area contributed by atoms with Gasteiger partial charge in [-0.1, -0.05) is 29.4 Å². The van der Waals surface area contributed by atoms with E-state index in [2.05, 4.69) is 15.0 Å². The van der Waals surface area contributed by atoms with Crippen LogP contribution >= 0.6 is 0 Å². The topological polar surface area (TPSA) is 94.0 Å². The minimum atomic E-state index is -0.818. The van der Waals surface area contributed by atoms with Gasteiger partial charge in [-0.25, -0.2) is 0 Å². The second-order valence-electron chi connectivity index (χ2n) is 4.73. The molecule has 1 heterocycles. The van der Waals surface area contributed by atoms with E-state index in [0.717, 1.165) is 21.8 Å². The quantitative estimate of drug-likeness (QED) is 0.426. The Morgan fingerprint density at radius 1 is 1.19 bits per heavy atom. The summed E-state index contributed by atoms with van der Waals surface area (Å²) in [5.74, 6) is 0.699. The SMILES string of the molecule is [N-]=[N+]=NC[C@@H](O)COc1cccc2[nH]c3ccccc3c12. The average Bonchev–Trinajstić information content (AvgIpc) is 2.90. The van der Waals surface area contributed by atoms with Crippen LogP contribution in [-0.4, -0.2) is 29.3 Å². The van der Waals surface area contributed by atoms with E-state index in [9.17, 15) is 5.11 Å². The fourth-order valence-electron chi connectivity index (χ4n) is 2.36. The number of para-hydroxylation sites is 1. The molecule has 0 aliphatic rings. The summed E-state index contributed by atoms with van der Waals surface area (Å²) in [4.78, 5) is 5.95. The van der Waals surface area contributed by atoms with E-state index in [-0.39, 0.29) is 13.2 Å². The van der Waals surface area contributed by atoms with Gasteiger partial charge in [0.05, 0.1) is 18.2 Å². The minimum absolute atomic E-state index is 0.000358. The monoisotopic (exact) mass is 282 g/mol. The van der Waals surface area contributed by atoms with Crippen LogP contribution in [0.2, 0.25) is 0 Å². The first-order chi connectivity index (χ1) is 10.3. The number of fused-ring (bicyclic) bond motifs is 3. The van der Waals surface area contributed by atoms with Gasteiger partial charge in [-0.3, -0.25) is 0 Å². The first-order valence-electron chi connectivity index (χ1n) is 6.61. The fourth-order valence-corrected chi connectivity index (χ4v) is 2.36. The molecule has 1 atom stereocenters. The summed E-state index contributed by atoms with van der Waals surface area (Å²) in [7, 11) is 0. The first-order valence-corrected chi connectivity index (χ1v) is 6.61. The van der Waals surface area contributed by atoms with Crippen molar-refractivity contribution in [2.45, 2.75) is 6.10 Å². The molecule has 0 amide bonds. The van der Waals surface area contributed by atoms with Crippen molar-refractivity contribution in [3.63, 3.8) is 0 Å². The highest BCUT2D eigenvalue weighted by Crippen LogP contribution is 2.32. The molecule has 2 N–H and O–H groups in total. The molecule has 0 bridgehead atoms. The highest BCUT2D eigenvalue weighted by molar-refractivity contribution is 6.10. The maximum Gasteiger partial charge on any atom is 0.129 e. The lowest BCUT2D eigenvalue weighted by Crippen LogP contribution is -2.20. The second-order valence-corrected chi connectivity index (χ2v) is 4.73. The van der Waals surface area contributed by atoms with E-state index in [1.165, 1.54) is 0 Å².